The van der Waals surface area contributed by atoms with Crippen molar-refractivity contribution in [3.63, 3.8) is 0 Å². The van der Waals surface area contributed by atoms with Crippen LogP contribution in [0.15, 0.2) is 65.7 Å². The maximum Gasteiger partial charge on any atom is 0.0629 e. The molecular weight excluding hydrogens is 206 g/mol. The summed E-state index contributed by atoms with van der Waals surface area (Å²) in [7, 11) is 0. The van der Waals surface area contributed by atoms with Crippen molar-refractivity contribution in [1.82, 2.24) is 0 Å². The molecule has 0 aliphatic heterocycles. The molecule has 2 aromatic rings. The Morgan fingerprint density at radius 3 is 2.00 bits per heavy atom. The van der Waals surface area contributed by atoms with E-state index < -0.39 is 0 Å². The molecule has 2 rings (SSSR count). The SMILES string of the molecule is CC(=Nc1ccccc1)C(C)c1ccccc1. The maximum atomic E-state index is 4.65. The van der Waals surface area contributed by atoms with E-state index in [1.54, 1.807) is 0 Å². The van der Waals surface area contributed by atoms with Gasteiger partial charge in [0.15, 0.2) is 0 Å². The van der Waals surface area contributed by atoms with Gasteiger partial charge in [0.1, 0.15) is 0 Å². The van der Waals surface area contributed by atoms with Crippen LogP contribution in [0, 0.1) is 0 Å². The van der Waals surface area contributed by atoms with Gasteiger partial charge in [-0.3, -0.25) is 4.99 Å². The summed E-state index contributed by atoms with van der Waals surface area (Å²) in [5, 5.41) is 0. The highest BCUT2D eigenvalue weighted by atomic mass is 14.7. The lowest BCUT2D eigenvalue weighted by atomic mass is 9.97. The fourth-order valence-electron chi connectivity index (χ4n) is 1.79. The van der Waals surface area contributed by atoms with E-state index in [9.17, 15) is 0 Å². The van der Waals surface area contributed by atoms with E-state index in [0.717, 1.165) is 11.4 Å². The molecule has 0 heterocycles. The molecular formula is C16H17N. The van der Waals surface area contributed by atoms with Crippen LogP contribution in [0.4, 0.5) is 5.69 Å². The first-order valence-corrected chi connectivity index (χ1v) is 5.92. The lowest BCUT2D eigenvalue weighted by Crippen LogP contribution is -2.04. The van der Waals surface area contributed by atoms with Crippen molar-refractivity contribution in [2.24, 2.45) is 4.99 Å². The summed E-state index contributed by atoms with van der Waals surface area (Å²) in [4.78, 5) is 4.65. The molecule has 1 heteroatoms. The average Bonchev–Trinajstić information content (AvgIpc) is 2.40. The van der Waals surface area contributed by atoms with Crippen LogP contribution in [0.25, 0.3) is 0 Å². The Kier molecular flexibility index (Phi) is 3.71. The van der Waals surface area contributed by atoms with Crippen LogP contribution in [0.1, 0.15) is 25.3 Å². The molecule has 0 aromatic heterocycles. The van der Waals surface area contributed by atoms with Crippen molar-refractivity contribution >= 4 is 11.4 Å². The normalized spacial score (nSPS) is 13.4. The summed E-state index contributed by atoms with van der Waals surface area (Å²) in [6.07, 6.45) is 0. The van der Waals surface area contributed by atoms with E-state index in [1.165, 1.54) is 5.56 Å². The second-order valence-electron chi connectivity index (χ2n) is 4.22. The third-order valence-corrected chi connectivity index (χ3v) is 2.99. The van der Waals surface area contributed by atoms with Gasteiger partial charge in [-0.15, -0.1) is 0 Å². The molecule has 0 aliphatic rings. The van der Waals surface area contributed by atoms with Crippen molar-refractivity contribution in [2.45, 2.75) is 19.8 Å². The highest BCUT2D eigenvalue weighted by Crippen LogP contribution is 2.19. The van der Waals surface area contributed by atoms with Crippen molar-refractivity contribution in [3.8, 4) is 0 Å². The van der Waals surface area contributed by atoms with Crippen molar-refractivity contribution < 1.29 is 0 Å². The first-order valence-electron chi connectivity index (χ1n) is 5.92. The molecule has 1 unspecified atom stereocenters. The minimum Gasteiger partial charge on any atom is -0.258 e. The van der Waals surface area contributed by atoms with E-state index in [4.69, 9.17) is 0 Å². The second kappa shape index (κ2) is 5.44. The summed E-state index contributed by atoms with van der Waals surface area (Å²) in [5.41, 5.74) is 3.47. The predicted octanol–water partition coefficient (Wildman–Crippen LogP) is 4.58. The monoisotopic (exact) mass is 223 g/mol. The van der Waals surface area contributed by atoms with Crippen LogP contribution in [0.2, 0.25) is 0 Å². The molecule has 0 fully saturated rings. The van der Waals surface area contributed by atoms with Crippen LogP contribution in [-0.2, 0) is 0 Å². The van der Waals surface area contributed by atoms with E-state index in [2.05, 4.69) is 43.1 Å². The third kappa shape index (κ3) is 3.04. The van der Waals surface area contributed by atoms with Gasteiger partial charge in [0, 0.05) is 11.6 Å². The molecule has 1 nitrogen and oxygen atoms in total. The van der Waals surface area contributed by atoms with E-state index >= 15 is 0 Å². The molecule has 0 bridgehead atoms. The van der Waals surface area contributed by atoms with E-state index in [1.807, 2.05) is 36.4 Å². The van der Waals surface area contributed by atoms with Crippen LogP contribution in [-0.4, -0.2) is 5.71 Å². The van der Waals surface area contributed by atoms with Gasteiger partial charge in [-0.2, -0.15) is 0 Å². The minimum atomic E-state index is 0.358. The maximum absolute atomic E-state index is 4.65. The summed E-state index contributed by atoms with van der Waals surface area (Å²) in [6, 6.07) is 20.6. The van der Waals surface area contributed by atoms with Gasteiger partial charge in [0.2, 0.25) is 0 Å². The zero-order chi connectivity index (χ0) is 12.1. The number of hydrogen-bond acceptors (Lipinski definition) is 1. The van der Waals surface area contributed by atoms with Gasteiger partial charge in [-0.05, 0) is 24.6 Å². The lowest BCUT2D eigenvalue weighted by molar-refractivity contribution is 1.01. The zero-order valence-electron chi connectivity index (χ0n) is 10.3. The van der Waals surface area contributed by atoms with Gasteiger partial charge < -0.3 is 0 Å². The molecule has 17 heavy (non-hydrogen) atoms. The number of benzene rings is 2. The molecule has 2 aromatic carbocycles. The van der Waals surface area contributed by atoms with Gasteiger partial charge in [0.05, 0.1) is 5.69 Å². The Bertz CT molecular complexity index is 485. The third-order valence-electron chi connectivity index (χ3n) is 2.99. The average molecular weight is 223 g/mol. The number of para-hydroxylation sites is 1. The second-order valence-corrected chi connectivity index (χ2v) is 4.22. The minimum absolute atomic E-state index is 0.358. The molecule has 0 spiro atoms. The Morgan fingerprint density at radius 2 is 1.41 bits per heavy atom. The first-order chi connectivity index (χ1) is 8.27. The van der Waals surface area contributed by atoms with Gasteiger partial charge in [0.25, 0.3) is 0 Å². The van der Waals surface area contributed by atoms with Gasteiger partial charge in [-0.25, -0.2) is 0 Å². The zero-order valence-corrected chi connectivity index (χ0v) is 10.3. The lowest BCUT2D eigenvalue weighted by Gasteiger charge is -2.11. The van der Waals surface area contributed by atoms with E-state index in [0.29, 0.717) is 5.92 Å². The topological polar surface area (TPSA) is 12.4 Å². The Balaban J connectivity index is 2.21. The molecule has 0 radical (unpaired) electrons. The van der Waals surface area contributed by atoms with Crippen molar-refractivity contribution in [2.75, 3.05) is 0 Å². The predicted molar refractivity (Wildman–Crippen MR) is 74.1 cm³/mol. The Labute approximate surface area is 103 Å². The molecule has 0 saturated carbocycles. The molecule has 86 valence electrons. The first kappa shape index (κ1) is 11.6. The molecule has 0 saturated heterocycles. The quantitative estimate of drug-likeness (QED) is 0.675. The number of hydrogen-bond donors (Lipinski definition) is 0. The van der Waals surface area contributed by atoms with Crippen molar-refractivity contribution in [3.05, 3.63) is 66.2 Å². The summed E-state index contributed by atoms with van der Waals surface area (Å²) in [5.74, 6) is 0.358. The highest BCUT2D eigenvalue weighted by Gasteiger charge is 2.07. The van der Waals surface area contributed by atoms with Crippen LogP contribution < -0.4 is 0 Å². The fourth-order valence-corrected chi connectivity index (χ4v) is 1.79. The summed E-state index contributed by atoms with van der Waals surface area (Å²) in [6.45, 7) is 4.28. The fraction of sp³-hybridized carbons (Fsp3) is 0.188. The number of nitrogens with zero attached hydrogens (tertiary/aromatic N) is 1. The summed E-state index contributed by atoms with van der Waals surface area (Å²) < 4.78 is 0. The standard InChI is InChI=1S/C16H17N/c1-13(15-9-5-3-6-10-15)14(2)17-16-11-7-4-8-12-16/h3-13H,1-2H3. The highest BCUT2D eigenvalue weighted by molar-refractivity contribution is 5.90. The number of rotatable bonds is 3. The number of aliphatic imine (C=N–C) groups is 1. The van der Waals surface area contributed by atoms with E-state index in [-0.39, 0.29) is 0 Å². The molecule has 1 atom stereocenters. The van der Waals surface area contributed by atoms with Gasteiger partial charge in [-0.1, -0.05) is 55.5 Å². The van der Waals surface area contributed by atoms with Crippen LogP contribution in [0.5, 0.6) is 0 Å². The molecule has 0 amide bonds. The molecule has 0 aliphatic carbocycles. The molecule has 0 N–H and O–H groups in total. The Morgan fingerprint density at radius 1 is 0.882 bits per heavy atom. The van der Waals surface area contributed by atoms with Crippen LogP contribution in [0.3, 0.4) is 0 Å². The summed E-state index contributed by atoms with van der Waals surface area (Å²) >= 11 is 0. The van der Waals surface area contributed by atoms with Crippen LogP contribution >= 0.6 is 0 Å². The van der Waals surface area contributed by atoms with Gasteiger partial charge >= 0.3 is 0 Å². The Hall–Kier alpha value is -1.89. The largest absolute Gasteiger partial charge is 0.258 e. The van der Waals surface area contributed by atoms with Crippen molar-refractivity contribution in [1.29, 1.82) is 0 Å². The smallest absolute Gasteiger partial charge is 0.0629 e.